The molecule has 4 unspecified atom stereocenters. The summed E-state index contributed by atoms with van der Waals surface area (Å²) in [5, 5.41) is 38.7. The van der Waals surface area contributed by atoms with E-state index in [9.17, 15) is 9.59 Å². The van der Waals surface area contributed by atoms with Gasteiger partial charge >= 0.3 is 88.7 Å². The van der Waals surface area contributed by atoms with Crippen LogP contribution in [-0.4, -0.2) is 103 Å². The zero-order valence-electron chi connectivity index (χ0n) is 38.0. The summed E-state index contributed by atoms with van der Waals surface area (Å²) in [6, 6.07) is 15.9. The Hall–Kier alpha value is -4.09. The van der Waals surface area contributed by atoms with E-state index in [0.717, 1.165) is 35.0 Å². The van der Waals surface area contributed by atoms with Gasteiger partial charge in [0.25, 0.3) is 0 Å². The number of carbonyl (C=O) groups excluding carboxylic acids is 2. The standard InChI is InChI=1S/C8H8Br2.C8H8N6.C4H8N6O2.C4H6O2.C3H4Cl2O.C3H4N6O.3N3.3Na.H2O/c9-5-7-1-2-8(6-10)4-3-7;9-13-11-5-7-1-2-8(4-3-7)6-12-14-10;5-9-7-1-3(11)4(12)2-8-10-6;1-3(5-1)4-2-6-4;4-1-3(6)2-5;4-8-6-1-3(10)2-7-9-5;3*1-3-2;;;;/h1-4H,5-6H2;1-4H,5-6H2;3-4,11-12H,1-2H2;3-4H,1-2H2;1-2H2;1-2H2;;;;;;;1H2/q;;;;;;3*-1;3*+1;. The molecule has 2 fully saturated rings. The maximum atomic E-state index is 10.4. The minimum absolute atomic E-state index is 0. The molecule has 34 nitrogen and oxygen atoms in total. The summed E-state index contributed by atoms with van der Waals surface area (Å²) >= 11 is 16.8. The first-order valence-electron chi connectivity index (χ1n) is 17.3. The molecular weight excluding hydrogens is 1150 g/mol. The fraction of sp³-hybridized carbons (Fsp3) is 0.533. The van der Waals surface area contributed by atoms with Gasteiger partial charge in [0.05, 0.1) is 76.5 Å². The molecule has 2 saturated heterocycles. The number of ether oxygens (including phenoxy) is 2. The summed E-state index contributed by atoms with van der Waals surface area (Å²) in [4.78, 5) is 39.7. The Morgan fingerprint density at radius 3 is 0.944 bits per heavy atom. The molecule has 0 spiro atoms. The van der Waals surface area contributed by atoms with E-state index in [0.29, 0.717) is 25.3 Å². The average Bonchev–Trinajstić information content (AvgIpc) is 4.29. The zero-order chi connectivity index (χ0) is 51.9. The number of aliphatic hydroxyl groups excluding tert-OH is 2. The molecule has 41 heteroatoms. The van der Waals surface area contributed by atoms with Gasteiger partial charge in [0.15, 0.2) is 5.78 Å². The van der Waals surface area contributed by atoms with Crippen molar-refractivity contribution in [3.63, 3.8) is 0 Å². The molecule has 0 bridgehead atoms. The number of Topliss-reactive ketones (excluding diaryl/α,β-unsaturated/α-hetero) is 2. The number of azide groups is 6. The maximum absolute atomic E-state index is 10.4. The molecule has 2 aliphatic rings. The van der Waals surface area contributed by atoms with Crippen molar-refractivity contribution >= 4 is 66.6 Å². The van der Waals surface area contributed by atoms with Crippen molar-refractivity contribution < 1.29 is 123 Å². The second kappa shape index (κ2) is 70.2. The molecule has 0 amide bonds. The first-order chi connectivity index (χ1) is 32.3. The second-order valence-electron chi connectivity index (χ2n) is 10.8. The van der Waals surface area contributed by atoms with Gasteiger partial charge in [0.2, 0.25) is 0 Å². The Balaban J connectivity index is -0.0000000900. The number of alkyl halides is 4. The third-order valence-corrected chi connectivity index (χ3v) is 8.04. The Labute approximate surface area is 496 Å². The molecule has 4 N–H and O–H groups in total. The Bertz CT molecular complexity index is 1930. The van der Waals surface area contributed by atoms with E-state index < -0.39 is 18.0 Å². The van der Waals surface area contributed by atoms with Gasteiger partial charge in [0.1, 0.15) is 18.0 Å². The van der Waals surface area contributed by atoms with Gasteiger partial charge in [-0.15, -0.1) is 23.2 Å². The number of carbonyl (C=O) groups is 2. The van der Waals surface area contributed by atoms with Crippen molar-refractivity contribution in [2.75, 3.05) is 51.2 Å². The summed E-state index contributed by atoms with van der Waals surface area (Å²) in [5.41, 5.74) is 92.4. The summed E-state index contributed by atoms with van der Waals surface area (Å²) in [6.45, 7) is 1.58. The SMILES string of the molecule is BrCc1ccc(CBr)cc1.C1OC1C1CO1.O.O=C(CCl)CCl.[N-]=[N+]=NCC(=O)CN=[N+]=[N-].[N-]=[N+]=NCC(O)C(O)CN=[N+]=[N-].[N-]=[N+]=NCc1ccc(CN=[N+]=[N-])cc1.[N-]=[N+]=[N-].[N-]=[N+]=[N-].[N-]=[N+]=[N-].[Na+].[Na+].[Na+]. The average molecular weight is 1190 g/mol. The van der Waals surface area contributed by atoms with E-state index in [4.69, 9.17) is 109 Å². The van der Waals surface area contributed by atoms with Crippen molar-refractivity contribution in [3.8, 4) is 0 Å². The number of epoxide rings is 2. The van der Waals surface area contributed by atoms with Crippen molar-refractivity contribution in [1.82, 2.24) is 0 Å². The molecule has 368 valence electrons. The predicted molar refractivity (Wildman–Crippen MR) is 257 cm³/mol. The Morgan fingerprint density at radius 1 is 0.521 bits per heavy atom. The van der Waals surface area contributed by atoms with Crippen LogP contribution >= 0.6 is 55.1 Å². The molecule has 0 saturated carbocycles. The number of rotatable bonds is 18. The van der Waals surface area contributed by atoms with Crippen molar-refractivity contribution in [2.45, 2.75) is 48.2 Å². The largest absolute Gasteiger partial charge is 1.00 e. The summed E-state index contributed by atoms with van der Waals surface area (Å²) in [6.07, 6.45) is -1.40. The van der Waals surface area contributed by atoms with Crippen molar-refractivity contribution in [1.29, 1.82) is 0 Å². The van der Waals surface area contributed by atoms with Crippen LogP contribution in [-0.2, 0) is 42.8 Å². The monoisotopic (exact) mass is 1190 g/mol. The van der Waals surface area contributed by atoms with Crippen LogP contribution in [0.5, 0.6) is 0 Å². The van der Waals surface area contributed by atoms with Gasteiger partial charge in [-0.2, -0.15) is 0 Å². The number of halogens is 4. The number of nitrogens with zero attached hydrogens (tertiary/aromatic N) is 27. The number of aliphatic hydroxyl groups is 2. The van der Waals surface area contributed by atoms with Gasteiger partial charge in [-0.25, -0.2) is 0 Å². The molecule has 71 heavy (non-hydrogen) atoms. The molecule has 0 aliphatic carbocycles. The van der Waals surface area contributed by atoms with Crippen molar-refractivity contribution in [2.24, 2.45) is 30.7 Å². The minimum Gasteiger partial charge on any atom is -0.412 e. The molecule has 4 rings (SSSR count). The number of hydrogen-bond acceptors (Lipinski definition) is 12. The van der Waals surface area contributed by atoms with Crippen LogP contribution < -0.4 is 88.7 Å². The quantitative estimate of drug-likeness (QED) is 0.0560. The van der Waals surface area contributed by atoms with E-state index in [2.05, 4.69) is 116 Å². The first kappa shape index (κ1) is 86.7. The molecule has 4 atom stereocenters. The van der Waals surface area contributed by atoms with E-state index in [-0.39, 0.29) is 138 Å². The summed E-state index contributed by atoms with van der Waals surface area (Å²) in [5.74, 6) is -0.457. The van der Waals surface area contributed by atoms with Crippen LogP contribution in [0, 0.1) is 0 Å². The minimum atomic E-state index is -1.19. The van der Waals surface area contributed by atoms with Crippen LogP contribution in [0.15, 0.2) is 79.2 Å². The van der Waals surface area contributed by atoms with Crippen LogP contribution in [0.3, 0.4) is 0 Å². The fourth-order valence-corrected chi connectivity index (χ4v) is 4.06. The van der Waals surface area contributed by atoms with Gasteiger partial charge in [-0.1, -0.05) is 111 Å². The zero-order valence-corrected chi connectivity index (χ0v) is 48.7. The smallest absolute Gasteiger partial charge is 0.412 e. The maximum Gasteiger partial charge on any atom is 1.00 e. The molecular formula is C30H40Br2Cl2N27Na3O7. The van der Waals surface area contributed by atoms with Gasteiger partial charge in [-0.05, 0) is 55.4 Å². The van der Waals surface area contributed by atoms with Gasteiger partial charge in [0, 0.05) is 40.1 Å². The third kappa shape index (κ3) is 70.2. The second-order valence-corrected chi connectivity index (χ2v) is 12.4. The molecule has 2 heterocycles. The van der Waals surface area contributed by atoms with Gasteiger partial charge < -0.3 is 58.3 Å². The van der Waals surface area contributed by atoms with E-state index in [1.807, 2.05) is 24.3 Å². The third-order valence-electron chi connectivity index (χ3n) is 6.15. The van der Waals surface area contributed by atoms with Crippen LogP contribution in [0.1, 0.15) is 22.3 Å². The van der Waals surface area contributed by atoms with Crippen LogP contribution in [0.4, 0.5) is 0 Å². The van der Waals surface area contributed by atoms with E-state index in [1.165, 1.54) is 25.9 Å². The molecule has 2 aliphatic heterocycles. The fourth-order valence-electron chi connectivity index (χ4n) is 3.02. The molecule has 0 radical (unpaired) electrons. The molecule has 2 aromatic rings. The number of ketones is 2. The summed E-state index contributed by atoms with van der Waals surface area (Å²) < 4.78 is 9.81. The molecule has 2 aromatic carbocycles. The number of benzene rings is 2. The van der Waals surface area contributed by atoms with Crippen LogP contribution in [0.2, 0.25) is 0 Å². The van der Waals surface area contributed by atoms with E-state index >= 15 is 0 Å². The van der Waals surface area contributed by atoms with Crippen molar-refractivity contribution in [3.05, 3.63) is 181 Å². The Kier molecular flexibility index (Phi) is 85.7. The Morgan fingerprint density at radius 2 is 0.761 bits per heavy atom. The first-order valence-corrected chi connectivity index (χ1v) is 20.6. The predicted octanol–water partition coefficient (Wildman–Crippen LogP) is 1.89. The van der Waals surface area contributed by atoms with E-state index in [1.54, 1.807) is 0 Å². The van der Waals surface area contributed by atoms with Gasteiger partial charge in [-0.3, -0.25) is 24.3 Å². The normalized spacial score (nSPS) is 11.9. The molecule has 0 aromatic heterocycles. The topological polar surface area (TPSA) is 600 Å². The number of hydrogen-bond donors (Lipinski definition) is 2. The van der Waals surface area contributed by atoms with Crippen LogP contribution in [0.25, 0.3) is 111 Å². The summed E-state index contributed by atoms with van der Waals surface area (Å²) in [7, 11) is 0.